The van der Waals surface area contributed by atoms with Crippen molar-refractivity contribution in [1.82, 2.24) is 4.98 Å². The largest absolute Gasteiger partial charge is 0.464 e. The number of pyridine rings is 1. The third-order valence-corrected chi connectivity index (χ3v) is 3.97. The molecule has 25 heavy (non-hydrogen) atoms. The minimum atomic E-state index is -0.897. The van der Waals surface area contributed by atoms with E-state index in [0.29, 0.717) is 0 Å². The number of methoxy groups -OCH3 is 1. The van der Waals surface area contributed by atoms with Gasteiger partial charge in [-0.05, 0) is 24.6 Å². The molecule has 0 atom stereocenters. The number of hydrogen-bond acceptors (Lipinski definition) is 4. The zero-order valence-corrected chi connectivity index (χ0v) is 14.9. The highest BCUT2D eigenvalue weighted by Gasteiger charge is 2.23. The van der Waals surface area contributed by atoms with Crippen LogP contribution < -0.4 is 5.32 Å². The first kappa shape index (κ1) is 19.1. The normalized spacial score (nSPS) is 10.5. The molecule has 1 amide bonds. The van der Waals surface area contributed by atoms with Gasteiger partial charge in [-0.3, -0.25) is 4.79 Å². The van der Waals surface area contributed by atoms with Crippen LogP contribution in [-0.2, 0) is 9.53 Å². The molecule has 0 unspecified atom stereocenters. The first-order valence-corrected chi connectivity index (χ1v) is 7.63. The molecule has 2 rings (SSSR count). The Hall–Kier alpha value is -2.25. The molecule has 5 nitrogen and oxygen atoms in total. The molecule has 1 heterocycles. The molecule has 0 aliphatic heterocycles. The fraction of sp³-hybridized carbons (Fsp3) is 0.188. The number of nitrogens with zero attached hydrogens (tertiary/aromatic N) is 1. The molecule has 0 aliphatic rings. The maximum absolute atomic E-state index is 14.4. The predicted octanol–water partition coefficient (Wildman–Crippen LogP) is 4.39. The van der Waals surface area contributed by atoms with Crippen molar-refractivity contribution < 1.29 is 23.1 Å². The van der Waals surface area contributed by atoms with Gasteiger partial charge in [0, 0.05) is 12.5 Å². The summed E-state index contributed by atoms with van der Waals surface area (Å²) < 4.78 is 33.0. The van der Waals surface area contributed by atoms with Crippen LogP contribution in [-0.4, -0.2) is 24.0 Å². The van der Waals surface area contributed by atoms with E-state index in [4.69, 9.17) is 23.2 Å². The van der Waals surface area contributed by atoms with Crippen LogP contribution in [0.2, 0.25) is 10.0 Å². The van der Waals surface area contributed by atoms with E-state index in [2.05, 4.69) is 15.0 Å². The molecule has 1 aromatic carbocycles. The molecule has 2 aromatic rings. The van der Waals surface area contributed by atoms with Gasteiger partial charge in [-0.2, -0.15) is 0 Å². The number of hydrogen-bond donors (Lipinski definition) is 1. The number of aromatic nitrogens is 1. The average Bonchev–Trinajstić information content (AvgIpc) is 2.54. The van der Waals surface area contributed by atoms with Crippen LogP contribution >= 0.6 is 23.2 Å². The Bertz CT molecular complexity index is 888. The van der Waals surface area contributed by atoms with Gasteiger partial charge in [0.25, 0.3) is 0 Å². The minimum absolute atomic E-state index is 0.00808. The van der Waals surface area contributed by atoms with Crippen molar-refractivity contribution in [3.63, 3.8) is 0 Å². The number of carbonyl (C=O) groups excluding carboxylic acids is 2. The zero-order chi connectivity index (χ0) is 18.9. The van der Waals surface area contributed by atoms with Crippen molar-refractivity contribution in [1.29, 1.82) is 0 Å². The van der Waals surface area contributed by atoms with E-state index in [1.165, 1.54) is 19.9 Å². The Labute approximate surface area is 151 Å². The van der Waals surface area contributed by atoms with Gasteiger partial charge < -0.3 is 10.1 Å². The van der Waals surface area contributed by atoms with Crippen LogP contribution in [0, 0.1) is 18.6 Å². The van der Waals surface area contributed by atoms with E-state index < -0.39 is 23.5 Å². The van der Waals surface area contributed by atoms with Crippen molar-refractivity contribution in [2.45, 2.75) is 13.8 Å². The summed E-state index contributed by atoms with van der Waals surface area (Å²) in [6, 6.07) is 2.03. The molecule has 1 N–H and O–H groups in total. The fourth-order valence-electron chi connectivity index (χ4n) is 2.20. The summed E-state index contributed by atoms with van der Waals surface area (Å²) in [5.74, 6) is -3.04. The molecule has 132 valence electrons. The van der Waals surface area contributed by atoms with Gasteiger partial charge in [-0.25, -0.2) is 18.6 Å². The second-order valence-electron chi connectivity index (χ2n) is 5.04. The number of rotatable bonds is 3. The van der Waals surface area contributed by atoms with Crippen LogP contribution in [0.5, 0.6) is 0 Å². The summed E-state index contributed by atoms with van der Waals surface area (Å²) in [6.07, 6.45) is 0. The molecule has 0 fully saturated rings. The summed E-state index contributed by atoms with van der Waals surface area (Å²) in [5, 5.41) is 1.84. The number of carbonyl (C=O) groups is 2. The average molecular weight is 389 g/mol. The lowest BCUT2D eigenvalue weighted by Gasteiger charge is -2.14. The number of ether oxygens (including phenoxy) is 1. The van der Waals surface area contributed by atoms with Crippen molar-refractivity contribution in [3.05, 3.63) is 45.1 Å². The Morgan fingerprint density at radius 3 is 2.44 bits per heavy atom. The van der Waals surface area contributed by atoms with Crippen molar-refractivity contribution in [2.75, 3.05) is 12.4 Å². The lowest BCUT2D eigenvalue weighted by Crippen LogP contribution is -2.12. The van der Waals surface area contributed by atoms with Gasteiger partial charge in [0.05, 0.1) is 28.5 Å². The highest BCUT2D eigenvalue weighted by atomic mass is 35.5. The number of amides is 1. The highest BCUT2D eigenvalue weighted by Crippen LogP contribution is 2.35. The van der Waals surface area contributed by atoms with Gasteiger partial charge in [0.15, 0.2) is 5.69 Å². The number of nitrogens with one attached hydrogen (secondary N) is 1. The van der Waals surface area contributed by atoms with Gasteiger partial charge in [-0.15, -0.1) is 0 Å². The summed E-state index contributed by atoms with van der Waals surface area (Å²) in [6.45, 7) is 2.54. The lowest BCUT2D eigenvalue weighted by atomic mass is 10.0. The zero-order valence-electron chi connectivity index (χ0n) is 13.3. The number of anilines is 1. The maximum Gasteiger partial charge on any atom is 0.358 e. The monoisotopic (exact) mass is 388 g/mol. The van der Waals surface area contributed by atoms with E-state index in [1.54, 1.807) is 0 Å². The van der Waals surface area contributed by atoms with E-state index >= 15 is 0 Å². The summed E-state index contributed by atoms with van der Waals surface area (Å²) in [4.78, 5) is 27.2. The van der Waals surface area contributed by atoms with Crippen LogP contribution in [0.25, 0.3) is 11.3 Å². The third kappa shape index (κ3) is 3.72. The standard InChI is InChI=1S/C16H12Cl2F2N2O3/c1-6-12(9(19)4-8(17)14(6)20)10-5-11(21-7(2)23)13(18)15(22-10)16(24)25-3/h4-5H,1-3H3,(H,21,22,23). The van der Waals surface area contributed by atoms with Crippen molar-refractivity contribution in [2.24, 2.45) is 0 Å². The van der Waals surface area contributed by atoms with Gasteiger partial charge in [0.1, 0.15) is 11.6 Å². The molecule has 0 saturated carbocycles. The first-order valence-electron chi connectivity index (χ1n) is 6.88. The van der Waals surface area contributed by atoms with Crippen molar-refractivity contribution >= 4 is 40.8 Å². The van der Waals surface area contributed by atoms with Gasteiger partial charge in [0.2, 0.25) is 5.91 Å². The second-order valence-corrected chi connectivity index (χ2v) is 5.83. The molecule has 9 heteroatoms. The van der Waals surface area contributed by atoms with Crippen LogP contribution in [0.15, 0.2) is 12.1 Å². The van der Waals surface area contributed by atoms with E-state index in [1.807, 2.05) is 0 Å². The Kier molecular flexibility index (Phi) is 5.59. The molecular weight excluding hydrogens is 377 g/mol. The van der Waals surface area contributed by atoms with E-state index in [-0.39, 0.29) is 38.2 Å². The minimum Gasteiger partial charge on any atom is -0.464 e. The quantitative estimate of drug-likeness (QED) is 0.625. The van der Waals surface area contributed by atoms with Crippen LogP contribution in [0.1, 0.15) is 23.0 Å². The number of halogens is 4. The molecule has 1 aromatic heterocycles. The van der Waals surface area contributed by atoms with Crippen LogP contribution in [0.3, 0.4) is 0 Å². The number of benzene rings is 1. The van der Waals surface area contributed by atoms with Gasteiger partial charge >= 0.3 is 5.97 Å². The molecule has 0 bridgehead atoms. The predicted molar refractivity (Wildman–Crippen MR) is 90.0 cm³/mol. The van der Waals surface area contributed by atoms with Crippen LogP contribution in [0.4, 0.5) is 14.5 Å². The Balaban J connectivity index is 2.80. The van der Waals surface area contributed by atoms with Gasteiger partial charge in [-0.1, -0.05) is 23.2 Å². The molecule has 0 spiro atoms. The third-order valence-electron chi connectivity index (χ3n) is 3.31. The molecule has 0 saturated heterocycles. The second kappa shape index (κ2) is 7.33. The smallest absolute Gasteiger partial charge is 0.358 e. The summed E-state index contributed by atoms with van der Waals surface area (Å²) in [5.41, 5.74) is -0.771. The number of esters is 1. The molecular formula is C16H12Cl2F2N2O3. The topological polar surface area (TPSA) is 68.3 Å². The summed E-state index contributed by atoms with van der Waals surface area (Å²) in [7, 11) is 1.11. The van der Waals surface area contributed by atoms with E-state index in [0.717, 1.165) is 13.2 Å². The summed E-state index contributed by atoms with van der Waals surface area (Å²) >= 11 is 11.7. The Morgan fingerprint density at radius 1 is 1.24 bits per heavy atom. The fourth-order valence-corrected chi connectivity index (χ4v) is 2.66. The molecule has 0 radical (unpaired) electrons. The maximum atomic E-state index is 14.4. The lowest BCUT2D eigenvalue weighted by molar-refractivity contribution is -0.114. The SMILES string of the molecule is COC(=O)c1nc(-c2c(F)cc(Cl)c(F)c2C)cc(NC(C)=O)c1Cl. The Morgan fingerprint density at radius 2 is 1.88 bits per heavy atom. The molecule has 0 aliphatic carbocycles. The van der Waals surface area contributed by atoms with Crippen molar-refractivity contribution in [3.8, 4) is 11.3 Å². The van der Waals surface area contributed by atoms with E-state index in [9.17, 15) is 18.4 Å². The first-order chi connectivity index (χ1) is 11.7. The highest BCUT2D eigenvalue weighted by molar-refractivity contribution is 6.36.